The van der Waals surface area contributed by atoms with E-state index in [-0.39, 0.29) is 17.9 Å². The Hall–Kier alpha value is -2.08. The fraction of sp³-hybridized carbons (Fsp3) is 0.556. The molecule has 2 amide bonds. The Morgan fingerprint density at radius 2 is 1.96 bits per heavy atom. The van der Waals surface area contributed by atoms with E-state index in [2.05, 4.69) is 5.32 Å². The molecule has 24 heavy (non-hydrogen) atoms. The van der Waals surface area contributed by atoms with Gasteiger partial charge in [0, 0.05) is 13.1 Å². The number of benzene rings is 1. The summed E-state index contributed by atoms with van der Waals surface area (Å²) in [6.07, 6.45) is 3.43. The molecule has 0 aromatic heterocycles. The Labute approximate surface area is 142 Å². The topological polar surface area (TPSA) is 67.9 Å². The highest BCUT2D eigenvalue weighted by molar-refractivity contribution is 5.99. The minimum absolute atomic E-state index is 0.0796. The lowest BCUT2D eigenvalue weighted by molar-refractivity contribution is -0.136. The molecule has 6 heteroatoms. The first-order valence-electron chi connectivity index (χ1n) is 8.58. The van der Waals surface area contributed by atoms with Gasteiger partial charge in [0.05, 0.1) is 24.9 Å². The fourth-order valence-electron chi connectivity index (χ4n) is 2.82. The van der Waals surface area contributed by atoms with Crippen molar-refractivity contribution in [1.82, 2.24) is 10.2 Å². The first kappa shape index (κ1) is 16.8. The SMILES string of the molecule is CC(NC(=O)c1ccccc1OC1CCC1)C(=O)N1CCOCC1. The van der Waals surface area contributed by atoms with E-state index in [1.807, 2.05) is 12.1 Å². The van der Waals surface area contributed by atoms with Gasteiger partial charge in [0.15, 0.2) is 0 Å². The summed E-state index contributed by atoms with van der Waals surface area (Å²) < 4.78 is 11.1. The smallest absolute Gasteiger partial charge is 0.255 e. The number of amides is 2. The third-order valence-corrected chi connectivity index (χ3v) is 4.52. The summed E-state index contributed by atoms with van der Waals surface area (Å²) >= 11 is 0. The van der Waals surface area contributed by atoms with Gasteiger partial charge in [-0.1, -0.05) is 12.1 Å². The molecule has 2 aliphatic rings. The van der Waals surface area contributed by atoms with Crippen molar-refractivity contribution in [3.05, 3.63) is 29.8 Å². The van der Waals surface area contributed by atoms with Gasteiger partial charge in [-0.25, -0.2) is 0 Å². The van der Waals surface area contributed by atoms with Crippen LogP contribution in [0, 0.1) is 0 Å². The normalized spacial score (nSPS) is 19.3. The summed E-state index contributed by atoms with van der Waals surface area (Å²) in [6, 6.07) is 6.62. The minimum Gasteiger partial charge on any atom is -0.490 e. The van der Waals surface area contributed by atoms with Gasteiger partial charge >= 0.3 is 0 Å². The molecule has 3 rings (SSSR count). The highest BCUT2D eigenvalue weighted by Crippen LogP contribution is 2.27. The van der Waals surface area contributed by atoms with Crippen LogP contribution in [0.25, 0.3) is 0 Å². The van der Waals surface area contributed by atoms with Crippen molar-refractivity contribution in [1.29, 1.82) is 0 Å². The van der Waals surface area contributed by atoms with E-state index >= 15 is 0 Å². The van der Waals surface area contributed by atoms with Gasteiger partial charge in [0.2, 0.25) is 5.91 Å². The number of ether oxygens (including phenoxy) is 2. The van der Waals surface area contributed by atoms with Crippen molar-refractivity contribution in [3.63, 3.8) is 0 Å². The van der Waals surface area contributed by atoms with E-state index in [0.717, 1.165) is 12.8 Å². The molecule has 1 aliphatic carbocycles. The minimum atomic E-state index is -0.577. The zero-order valence-corrected chi connectivity index (χ0v) is 14.0. The van der Waals surface area contributed by atoms with Crippen LogP contribution >= 0.6 is 0 Å². The second kappa shape index (κ2) is 7.66. The molecule has 2 fully saturated rings. The molecule has 0 radical (unpaired) electrons. The van der Waals surface area contributed by atoms with Gasteiger partial charge in [-0.05, 0) is 38.3 Å². The molecule has 1 atom stereocenters. The molecule has 0 spiro atoms. The standard InChI is InChI=1S/C18H24N2O4/c1-13(18(22)20-9-11-23-12-10-20)19-17(21)15-7-2-3-8-16(15)24-14-5-4-6-14/h2-3,7-8,13-14H,4-6,9-12H2,1H3,(H,19,21). The molecule has 6 nitrogen and oxygen atoms in total. The maximum Gasteiger partial charge on any atom is 0.255 e. The number of rotatable bonds is 5. The Morgan fingerprint density at radius 1 is 1.25 bits per heavy atom. The number of carbonyl (C=O) groups is 2. The van der Waals surface area contributed by atoms with E-state index < -0.39 is 6.04 Å². The predicted octanol–water partition coefficient (Wildman–Crippen LogP) is 1.59. The van der Waals surface area contributed by atoms with E-state index in [1.54, 1.807) is 24.0 Å². The average molecular weight is 332 g/mol. The summed E-state index contributed by atoms with van der Waals surface area (Å²) in [5.41, 5.74) is 0.478. The first-order chi connectivity index (χ1) is 11.6. The number of carbonyl (C=O) groups excluding carboxylic acids is 2. The average Bonchev–Trinajstić information content (AvgIpc) is 2.58. The van der Waals surface area contributed by atoms with Crippen LogP contribution < -0.4 is 10.1 Å². The van der Waals surface area contributed by atoms with Crippen molar-refractivity contribution in [3.8, 4) is 5.75 Å². The Balaban J connectivity index is 1.62. The van der Waals surface area contributed by atoms with E-state index in [4.69, 9.17) is 9.47 Å². The van der Waals surface area contributed by atoms with Crippen molar-refractivity contribution >= 4 is 11.8 Å². The maximum atomic E-state index is 12.6. The zero-order chi connectivity index (χ0) is 16.9. The molecule has 1 N–H and O–H groups in total. The fourth-order valence-corrected chi connectivity index (χ4v) is 2.82. The third-order valence-electron chi connectivity index (χ3n) is 4.52. The molecule has 1 aromatic rings. The van der Waals surface area contributed by atoms with Gasteiger partial charge in [-0.3, -0.25) is 9.59 Å². The molecular weight excluding hydrogens is 308 g/mol. The van der Waals surface area contributed by atoms with Crippen molar-refractivity contribution in [2.45, 2.75) is 38.3 Å². The molecule has 1 aromatic carbocycles. The van der Waals surface area contributed by atoms with Crippen molar-refractivity contribution in [2.24, 2.45) is 0 Å². The van der Waals surface area contributed by atoms with Crippen LogP contribution in [0.5, 0.6) is 5.75 Å². The van der Waals surface area contributed by atoms with Crippen LogP contribution in [0.4, 0.5) is 0 Å². The number of hydrogen-bond acceptors (Lipinski definition) is 4. The van der Waals surface area contributed by atoms with Crippen LogP contribution in [-0.2, 0) is 9.53 Å². The number of morpholine rings is 1. The third kappa shape index (κ3) is 3.87. The van der Waals surface area contributed by atoms with E-state index in [0.29, 0.717) is 37.6 Å². The molecule has 130 valence electrons. The maximum absolute atomic E-state index is 12.6. The van der Waals surface area contributed by atoms with Crippen LogP contribution in [0.15, 0.2) is 24.3 Å². The highest BCUT2D eigenvalue weighted by atomic mass is 16.5. The van der Waals surface area contributed by atoms with Crippen LogP contribution in [-0.4, -0.2) is 55.2 Å². The summed E-state index contributed by atoms with van der Waals surface area (Å²) in [7, 11) is 0. The zero-order valence-electron chi connectivity index (χ0n) is 14.0. The molecule has 1 heterocycles. The summed E-state index contributed by atoms with van der Waals surface area (Å²) in [6.45, 7) is 3.95. The lowest BCUT2D eigenvalue weighted by atomic mass is 9.96. The number of para-hydroxylation sites is 1. The van der Waals surface area contributed by atoms with Gasteiger partial charge < -0.3 is 19.7 Å². The number of nitrogens with one attached hydrogen (secondary N) is 1. The monoisotopic (exact) mass is 332 g/mol. The van der Waals surface area contributed by atoms with Crippen molar-refractivity contribution < 1.29 is 19.1 Å². The van der Waals surface area contributed by atoms with Crippen LogP contribution in [0.3, 0.4) is 0 Å². The predicted molar refractivity (Wildman–Crippen MR) is 89.0 cm³/mol. The molecule has 0 bridgehead atoms. The van der Waals surface area contributed by atoms with Crippen molar-refractivity contribution in [2.75, 3.05) is 26.3 Å². The van der Waals surface area contributed by atoms with E-state index in [1.165, 1.54) is 6.42 Å². The Kier molecular flexibility index (Phi) is 5.35. The number of nitrogens with zero attached hydrogens (tertiary/aromatic N) is 1. The lowest BCUT2D eigenvalue weighted by Crippen LogP contribution is -2.50. The van der Waals surface area contributed by atoms with Gasteiger partial charge in [-0.15, -0.1) is 0 Å². The second-order valence-corrected chi connectivity index (χ2v) is 6.30. The molecule has 1 saturated carbocycles. The van der Waals surface area contributed by atoms with Gasteiger partial charge in [0.25, 0.3) is 5.91 Å². The highest BCUT2D eigenvalue weighted by Gasteiger charge is 2.26. The Morgan fingerprint density at radius 3 is 2.62 bits per heavy atom. The second-order valence-electron chi connectivity index (χ2n) is 6.30. The first-order valence-corrected chi connectivity index (χ1v) is 8.58. The molecule has 1 saturated heterocycles. The van der Waals surface area contributed by atoms with E-state index in [9.17, 15) is 9.59 Å². The molecular formula is C18H24N2O4. The summed E-state index contributed by atoms with van der Waals surface area (Å²) in [5.74, 6) is 0.230. The quantitative estimate of drug-likeness (QED) is 0.889. The Bertz CT molecular complexity index is 594. The number of hydrogen-bond donors (Lipinski definition) is 1. The van der Waals surface area contributed by atoms with Gasteiger partial charge in [-0.2, -0.15) is 0 Å². The van der Waals surface area contributed by atoms with Gasteiger partial charge in [0.1, 0.15) is 11.8 Å². The summed E-state index contributed by atoms with van der Waals surface area (Å²) in [5, 5.41) is 2.79. The van der Waals surface area contributed by atoms with Crippen LogP contribution in [0.2, 0.25) is 0 Å². The molecule has 1 aliphatic heterocycles. The largest absolute Gasteiger partial charge is 0.490 e. The van der Waals surface area contributed by atoms with Crippen LogP contribution in [0.1, 0.15) is 36.5 Å². The molecule has 1 unspecified atom stereocenters. The summed E-state index contributed by atoms with van der Waals surface area (Å²) in [4.78, 5) is 26.7. The lowest BCUT2D eigenvalue weighted by Gasteiger charge is -2.30.